The van der Waals surface area contributed by atoms with Gasteiger partial charge in [-0.05, 0) is 26.2 Å². The van der Waals surface area contributed by atoms with Crippen molar-refractivity contribution in [1.82, 2.24) is 19.8 Å². The number of carbonyl (C=O) groups excluding carboxylic acids is 1. The van der Waals surface area contributed by atoms with Gasteiger partial charge in [0.25, 0.3) is 0 Å². The third-order valence-electron chi connectivity index (χ3n) is 6.13. The molecule has 5 nitrogen and oxygen atoms in total. The molecule has 2 heterocycles. The van der Waals surface area contributed by atoms with Gasteiger partial charge in [-0.1, -0.05) is 49.6 Å². The number of likely N-dealkylation sites (tertiary alicyclic amines) is 1. The fourth-order valence-corrected chi connectivity index (χ4v) is 4.51. The molecule has 1 amide bonds. The Bertz CT molecular complexity index is 764. The van der Waals surface area contributed by atoms with Crippen LogP contribution in [0.4, 0.5) is 0 Å². The summed E-state index contributed by atoms with van der Waals surface area (Å²) in [7, 11) is 0. The van der Waals surface area contributed by atoms with Crippen LogP contribution >= 0.6 is 0 Å². The zero-order chi connectivity index (χ0) is 18.6. The van der Waals surface area contributed by atoms with Crippen LogP contribution in [0, 0.1) is 6.92 Å². The number of amides is 1. The van der Waals surface area contributed by atoms with Gasteiger partial charge in [0.1, 0.15) is 5.82 Å². The Morgan fingerprint density at radius 3 is 2.63 bits per heavy atom. The van der Waals surface area contributed by atoms with Gasteiger partial charge in [0.2, 0.25) is 5.91 Å². The fraction of sp³-hybridized carbons (Fsp3) is 0.545. The van der Waals surface area contributed by atoms with E-state index in [4.69, 9.17) is 0 Å². The Balaban J connectivity index is 1.32. The molecule has 0 bridgehead atoms. The molecule has 1 aromatic carbocycles. The molecule has 1 saturated heterocycles. The number of rotatable bonds is 6. The number of imidazole rings is 1. The number of nitrogens with zero attached hydrogens (tertiary/aromatic N) is 3. The summed E-state index contributed by atoms with van der Waals surface area (Å²) in [5.41, 5.74) is 2.23. The normalized spacial score (nSPS) is 21.0. The van der Waals surface area contributed by atoms with E-state index in [2.05, 4.69) is 38.8 Å². The maximum Gasteiger partial charge on any atom is 0.237 e. The number of hydrogen-bond acceptors (Lipinski definition) is 3. The maximum absolute atomic E-state index is 12.7. The molecule has 1 saturated carbocycles. The lowest BCUT2D eigenvalue weighted by Gasteiger charge is -2.46. The Morgan fingerprint density at radius 2 is 1.93 bits per heavy atom. The monoisotopic (exact) mass is 366 g/mol. The Kier molecular flexibility index (Phi) is 5.58. The summed E-state index contributed by atoms with van der Waals surface area (Å²) in [6, 6.07) is 10.9. The smallest absolute Gasteiger partial charge is 0.237 e. The SMILES string of the molecule is Cc1cnc(-c2ccccc2)n1CCNC(=O)C1CCN1C1CCCCC1. The predicted molar refractivity (Wildman–Crippen MR) is 107 cm³/mol. The minimum absolute atomic E-state index is 0.0885. The number of aromatic nitrogens is 2. The van der Waals surface area contributed by atoms with Crippen LogP contribution in [-0.2, 0) is 11.3 Å². The van der Waals surface area contributed by atoms with Crippen LogP contribution in [0.5, 0.6) is 0 Å². The van der Waals surface area contributed by atoms with E-state index < -0.39 is 0 Å². The second kappa shape index (κ2) is 8.26. The van der Waals surface area contributed by atoms with Gasteiger partial charge in [-0.3, -0.25) is 9.69 Å². The first-order valence-electron chi connectivity index (χ1n) is 10.3. The number of benzene rings is 1. The van der Waals surface area contributed by atoms with E-state index in [1.54, 1.807) is 0 Å². The lowest BCUT2D eigenvalue weighted by atomic mass is 9.89. The molecule has 0 radical (unpaired) electrons. The van der Waals surface area contributed by atoms with Gasteiger partial charge in [-0.15, -0.1) is 0 Å². The number of aryl methyl sites for hydroxylation is 1. The topological polar surface area (TPSA) is 50.2 Å². The van der Waals surface area contributed by atoms with E-state index in [0.29, 0.717) is 12.6 Å². The number of carbonyl (C=O) groups is 1. The lowest BCUT2D eigenvalue weighted by Crippen LogP contribution is -2.60. The standard InChI is InChI=1S/C22H30N4O/c1-17-16-24-21(18-8-4-2-5-9-18)25(17)15-13-23-22(27)20-12-14-26(20)19-10-6-3-7-11-19/h2,4-5,8-9,16,19-20H,3,6-7,10-15H2,1H3,(H,23,27). The van der Waals surface area contributed by atoms with Crippen molar-refractivity contribution < 1.29 is 4.79 Å². The molecule has 5 heteroatoms. The minimum atomic E-state index is 0.0885. The quantitative estimate of drug-likeness (QED) is 0.853. The van der Waals surface area contributed by atoms with Gasteiger partial charge in [0.05, 0.1) is 6.04 Å². The molecule has 4 rings (SSSR count). The van der Waals surface area contributed by atoms with Gasteiger partial charge in [0.15, 0.2) is 0 Å². The third-order valence-corrected chi connectivity index (χ3v) is 6.13. The van der Waals surface area contributed by atoms with Gasteiger partial charge in [-0.2, -0.15) is 0 Å². The summed E-state index contributed by atoms with van der Waals surface area (Å²) in [6.45, 7) is 4.54. The van der Waals surface area contributed by atoms with E-state index >= 15 is 0 Å². The molecule has 27 heavy (non-hydrogen) atoms. The molecular formula is C22H30N4O. The second-order valence-corrected chi connectivity index (χ2v) is 7.87. The van der Waals surface area contributed by atoms with E-state index in [0.717, 1.165) is 36.6 Å². The molecular weight excluding hydrogens is 336 g/mol. The predicted octanol–water partition coefficient (Wildman–Crippen LogP) is 3.38. The average molecular weight is 367 g/mol. The second-order valence-electron chi connectivity index (χ2n) is 7.87. The maximum atomic E-state index is 12.7. The molecule has 1 aromatic heterocycles. The van der Waals surface area contributed by atoms with Crippen LogP contribution in [0.1, 0.15) is 44.2 Å². The molecule has 0 spiro atoms. The highest BCUT2D eigenvalue weighted by Gasteiger charge is 2.38. The first kappa shape index (κ1) is 18.2. The third kappa shape index (κ3) is 3.93. The molecule has 1 aliphatic heterocycles. The zero-order valence-corrected chi connectivity index (χ0v) is 16.2. The van der Waals surface area contributed by atoms with Gasteiger partial charge in [0, 0.05) is 43.1 Å². The number of hydrogen-bond donors (Lipinski definition) is 1. The Morgan fingerprint density at radius 1 is 1.15 bits per heavy atom. The number of nitrogens with one attached hydrogen (secondary N) is 1. The van der Waals surface area contributed by atoms with Crippen molar-refractivity contribution in [2.24, 2.45) is 0 Å². The summed E-state index contributed by atoms with van der Waals surface area (Å²) < 4.78 is 2.19. The van der Waals surface area contributed by atoms with Gasteiger partial charge in [-0.25, -0.2) is 4.98 Å². The Labute approximate surface area is 161 Å². The van der Waals surface area contributed by atoms with Crippen LogP contribution in [0.3, 0.4) is 0 Å². The fourth-order valence-electron chi connectivity index (χ4n) is 4.51. The van der Waals surface area contributed by atoms with Crippen LogP contribution < -0.4 is 5.32 Å². The zero-order valence-electron chi connectivity index (χ0n) is 16.2. The van der Waals surface area contributed by atoms with Crippen molar-refractivity contribution in [3.8, 4) is 11.4 Å². The molecule has 1 N–H and O–H groups in total. The van der Waals surface area contributed by atoms with Crippen molar-refractivity contribution in [1.29, 1.82) is 0 Å². The summed E-state index contributed by atoms with van der Waals surface area (Å²) in [6.07, 6.45) is 9.42. The largest absolute Gasteiger partial charge is 0.353 e. The minimum Gasteiger partial charge on any atom is -0.353 e. The highest BCUT2D eigenvalue weighted by molar-refractivity contribution is 5.82. The van der Waals surface area contributed by atoms with Crippen molar-refractivity contribution in [2.75, 3.05) is 13.1 Å². The van der Waals surface area contributed by atoms with Crippen molar-refractivity contribution in [2.45, 2.75) is 64.1 Å². The van der Waals surface area contributed by atoms with Crippen molar-refractivity contribution in [3.63, 3.8) is 0 Å². The van der Waals surface area contributed by atoms with Gasteiger partial charge >= 0.3 is 0 Å². The molecule has 1 atom stereocenters. The molecule has 1 aliphatic carbocycles. The van der Waals surface area contributed by atoms with Crippen molar-refractivity contribution >= 4 is 5.91 Å². The molecule has 2 aliphatic rings. The van der Waals surface area contributed by atoms with E-state index in [9.17, 15) is 4.79 Å². The summed E-state index contributed by atoms with van der Waals surface area (Å²) in [4.78, 5) is 19.7. The molecule has 2 aromatic rings. The summed E-state index contributed by atoms with van der Waals surface area (Å²) in [5.74, 6) is 1.17. The van der Waals surface area contributed by atoms with E-state index in [1.807, 2.05) is 24.4 Å². The van der Waals surface area contributed by atoms with Gasteiger partial charge < -0.3 is 9.88 Å². The molecule has 144 valence electrons. The van der Waals surface area contributed by atoms with E-state index in [1.165, 1.54) is 32.1 Å². The van der Waals surface area contributed by atoms with Crippen LogP contribution in [0.2, 0.25) is 0 Å². The van der Waals surface area contributed by atoms with Crippen LogP contribution in [0.25, 0.3) is 11.4 Å². The van der Waals surface area contributed by atoms with E-state index in [-0.39, 0.29) is 11.9 Å². The lowest BCUT2D eigenvalue weighted by molar-refractivity contribution is -0.133. The summed E-state index contributed by atoms with van der Waals surface area (Å²) >= 11 is 0. The highest BCUT2D eigenvalue weighted by Crippen LogP contribution is 2.30. The average Bonchev–Trinajstić information content (AvgIpc) is 3.03. The Hall–Kier alpha value is -2.14. The first-order valence-corrected chi connectivity index (χ1v) is 10.3. The molecule has 2 fully saturated rings. The molecule has 1 unspecified atom stereocenters. The first-order chi connectivity index (χ1) is 13.2. The van der Waals surface area contributed by atoms with Crippen LogP contribution in [0.15, 0.2) is 36.5 Å². The highest BCUT2D eigenvalue weighted by atomic mass is 16.2. The van der Waals surface area contributed by atoms with Crippen molar-refractivity contribution in [3.05, 3.63) is 42.2 Å². The van der Waals surface area contributed by atoms with Crippen LogP contribution in [-0.4, -0.2) is 45.5 Å². The summed E-state index contributed by atoms with van der Waals surface area (Å²) in [5, 5.41) is 3.17.